The number of nitrogens with zero attached hydrogens (tertiary/aromatic N) is 1. The third-order valence-corrected chi connectivity index (χ3v) is 3.13. The minimum absolute atomic E-state index is 0.548. The monoisotopic (exact) mass is 200 g/mol. The maximum Gasteiger partial charge on any atom is 0.0752 e. The summed E-state index contributed by atoms with van der Waals surface area (Å²) < 4.78 is 0. The number of aryl methyl sites for hydroxylation is 2. The van der Waals surface area contributed by atoms with Crippen molar-refractivity contribution < 1.29 is 0 Å². The van der Waals surface area contributed by atoms with Crippen molar-refractivity contribution in [3.8, 4) is 0 Å². The zero-order chi connectivity index (χ0) is 11.0. The molecule has 2 N–H and O–H groups in total. The summed E-state index contributed by atoms with van der Waals surface area (Å²) >= 11 is 0. The molecule has 0 atom stereocenters. The van der Waals surface area contributed by atoms with Crippen molar-refractivity contribution >= 4 is 10.9 Å². The van der Waals surface area contributed by atoms with E-state index < -0.39 is 0 Å². The molecule has 1 heterocycles. The quantitative estimate of drug-likeness (QED) is 0.768. The molecule has 2 nitrogen and oxygen atoms in total. The van der Waals surface area contributed by atoms with Crippen molar-refractivity contribution in [2.24, 2.45) is 5.73 Å². The van der Waals surface area contributed by atoms with E-state index in [0.29, 0.717) is 6.54 Å². The fourth-order valence-electron chi connectivity index (χ4n) is 1.92. The molecule has 0 bridgehead atoms. The van der Waals surface area contributed by atoms with Crippen LogP contribution in [0.3, 0.4) is 0 Å². The number of pyridine rings is 1. The van der Waals surface area contributed by atoms with Crippen molar-refractivity contribution in [1.29, 1.82) is 0 Å². The van der Waals surface area contributed by atoms with Crippen LogP contribution in [0.2, 0.25) is 0 Å². The van der Waals surface area contributed by atoms with Crippen LogP contribution >= 0.6 is 0 Å². The van der Waals surface area contributed by atoms with Gasteiger partial charge >= 0.3 is 0 Å². The van der Waals surface area contributed by atoms with Crippen molar-refractivity contribution in [2.75, 3.05) is 0 Å². The molecule has 15 heavy (non-hydrogen) atoms. The molecule has 2 heteroatoms. The van der Waals surface area contributed by atoms with Crippen LogP contribution in [0.4, 0.5) is 0 Å². The number of rotatable bonds is 1. The van der Waals surface area contributed by atoms with Crippen LogP contribution in [0.1, 0.15) is 22.4 Å². The molecule has 0 amide bonds. The molecule has 0 fully saturated rings. The predicted molar refractivity (Wildman–Crippen MR) is 63.8 cm³/mol. The Labute approximate surface area is 90.1 Å². The first-order chi connectivity index (χ1) is 7.15. The molecule has 0 spiro atoms. The van der Waals surface area contributed by atoms with Gasteiger partial charge in [-0.2, -0.15) is 0 Å². The molecule has 2 aromatic rings. The van der Waals surface area contributed by atoms with Gasteiger partial charge in [-0.25, -0.2) is 0 Å². The summed E-state index contributed by atoms with van der Waals surface area (Å²) in [6.45, 7) is 6.86. The van der Waals surface area contributed by atoms with Crippen LogP contribution in [0.15, 0.2) is 18.2 Å². The Morgan fingerprint density at radius 2 is 1.87 bits per heavy atom. The van der Waals surface area contributed by atoms with Crippen LogP contribution in [-0.4, -0.2) is 4.98 Å². The minimum Gasteiger partial charge on any atom is -0.326 e. The van der Waals surface area contributed by atoms with E-state index in [9.17, 15) is 0 Å². The smallest absolute Gasteiger partial charge is 0.0752 e. The lowest BCUT2D eigenvalue weighted by Crippen LogP contribution is -2.01. The Morgan fingerprint density at radius 1 is 1.13 bits per heavy atom. The van der Waals surface area contributed by atoms with Crippen LogP contribution in [-0.2, 0) is 6.54 Å². The topological polar surface area (TPSA) is 38.9 Å². The summed E-state index contributed by atoms with van der Waals surface area (Å²) in [5, 5.41) is 1.22. The predicted octanol–water partition coefficient (Wildman–Crippen LogP) is 2.62. The van der Waals surface area contributed by atoms with Crippen molar-refractivity contribution in [1.82, 2.24) is 4.98 Å². The van der Waals surface area contributed by atoms with E-state index >= 15 is 0 Å². The molecular formula is C13H16N2. The van der Waals surface area contributed by atoms with Crippen LogP contribution in [0.5, 0.6) is 0 Å². The lowest BCUT2D eigenvalue weighted by atomic mass is 10.0. The zero-order valence-electron chi connectivity index (χ0n) is 9.46. The summed E-state index contributed by atoms with van der Waals surface area (Å²) in [4.78, 5) is 4.63. The summed E-state index contributed by atoms with van der Waals surface area (Å²) in [7, 11) is 0. The van der Waals surface area contributed by atoms with E-state index in [2.05, 4.69) is 31.8 Å². The van der Waals surface area contributed by atoms with Gasteiger partial charge < -0.3 is 5.73 Å². The molecule has 0 unspecified atom stereocenters. The summed E-state index contributed by atoms with van der Waals surface area (Å²) in [6, 6.07) is 6.21. The zero-order valence-corrected chi connectivity index (χ0v) is 9.46. The highest BCUT2D eigenvalue weighted by Gasteiger charge is 2.07. The first kappa shape index (κ1) is 10.1. The van der Waals surface area contributed by atoms with E-state index in [1.807, 2.05) is 12.1 Å². The van der Waals surface area contributed by atoms with Crippen molar-refractivity contribution in [2.45, 2.75) is 27.3 Å². The van der Waals surface area contributed by atoms with Gasteiger partial charge in [0, 0.05) is 17.6 Å². The van der Waals surface area contributed by atoms with Gasteiger partial charge in [-0.15, -0.1) is 0 Å². The largest absolute Gasteiger partial charge is 0.326 e. The molecule has 1 aromatic heterocycles. The van der Waals surface area contributed by atoms with Gasteiger partial charge in [0.2, 0.25) is 0 Å². The van der Waals surface area contributed by atoms with Gasteiger partial charge in [0.25, 0.3) is 0 Å². The molecule has 0 saturated heterocycles. The first-order valence-electron chi connectivity index (χ1n) is 5.20. The van der Waals surface area contributed by atoms with Crippen molar-refractivity contribution in [3.63, 3.8) is 0 Å². The van der Waals surface area contributed by atoms with Crippen LogP contribution < -0.4 is 5.73 Å². The number of hydrogen-bond donors (Lipinski definition) is 1. The van der Waals surface area contributed by atoms with Crippen LogP contribution in [0, 0.1) is 20.8 Å². The van der Waals surface area contributed by atoms with E-state index in [1.165, 1.54) is 16.5 Å². The lowest BCUT2D eigenvalue weighted by Gasteiger charge is -2.10. The third kappa shape index (κ3) is 1.51. The Bertz CT molecular complexity index is 515. The first-order valence-corrected chi connectivity index (χ1v) is 5.20. The molecular weight excluding hydrogens is 184 g/mol. The Morgan fingerprint density at radius 3 is 2.53 bits per heavy atom. The number of hydrogen-bond acceptors (Lipinski definition) is 2. The van der Waals surface area contributed by atoms with E-state index in [4.69, 9.17) is 5.73 Å². The van der Waals surface area contributed by atoms with Gasteiger partial charge in [0.05, 0.1) is 5.52 Å². The second kappa shape index (κ2) is 3.63. The molecule has 0 aliphatic heterocycles. The van der Waals surface area contributed by atoms with Gasteiger partial charge in [-0.3, -0.25) is 4.98 Å². The normalized spacial score (nSPS) is 10.9. The highest BCUT2D eigenvalue weighted by molar-refractivity contribution is 5.86. The summed E-state index contributed by atoms with van der Waals surface area (Å²) in [5.74, 6) is 0. The molecule has 78 valence electrons. The Balaban J connectivity index is 2.91. The maximum absolute atomic E-state index is 5.71. The van der Waals surface area contributed by atoms with Gasteiger partial charge in [0.15, 0.2) is 0 Å². The molecule has 1 aromatic carbocycles. The standard InChI is InChI=1S/C13H16N2/c1-8-9(2)12-6-4-5-11(7-14)13(12)15-10(8)3/h4-6H,7,14H2,1-3H3. The van der Waals surface area contributed by atoms with E-state index in [0.717, 1.165) is 16.8 Å². The van der Waals surface area contributed by atoms with Gasteiger partial charge in [-0.05, 0) is 37.5 Å². The molecule has 0 saturated carbocycles. The summed E-state index contributed by atoms with van der Waals surface area (Å²) in [6.07, 6.45) is 0. The van der Waals surface area contributed by atoms with Gasteiger partial charge in [-0.1, -0.05) is 18.2 Å². The Kier molecular flexibility index (Phi) is 2.45. The van der Waals surface area contributed by atoms with E-state index in [-0.39, 0.29) is 0 Å². The number of benzene rings is 1. The molecule has 2 rings (SSSR count). The second-order valence-corrected chi connectivity index (χ2v) is 3.96. The molecule has 0 aliphatic carbocycles. The third-order valence-electron chi connectivity index (χ3n) is 3.13. The van der Waals surface area contributed by atoms with Gasteiger partial charge in [0.1, 0.15) is 0 Å². The summed E-state index contributed by atoms with van der Waals surface area (Å²) in [5.41, 5.74) is 11.6. The van der Waals surface area contributed by atoms with Crippen LogP contribution in [0.25, 0.3) is 10.9 Å². The minimum atomic E-state index is 0.548. The number of aromatic nitrogens is 1. The second-order valence-electron chi connectivity index (χ2n) is 3.96. The highest BCUT2D eigenvalue weighted by Crippen LogP contribution is 2.24. The maximum atomic E-state index is 5.71. The molecule has 0 aliphatic rings. The number of para-hydroxylation sites is 1. The highest BCUT2D eigenvalue weighted by atomic mass is 14.7. The SMILES string of the molecule is Cc1nc2c(CN)cccc2c(C)c1C. The average Bonchev–Trinajstić information content (AvgIpc) is 2.25. The number of nitrogens with two attached hydrogens (primary N) is 1. The fraction of sp³-hybridized carbons (Fsp3) is 0.308. The van der Waals surface area contributed by atoms with E-state index in [1.54, 1.807) is 0 Å². The Hall–Kier alpha value is -1.41. The molecule has 0 radical (unpaired) electrons. The number of fused-ring (bicyclic) bond motifs is 1. The van der Waals surface area contributed by atoms with Crippen molar-refractivity contribution in [3.05, 3.63) is 40.6 Å². The fourth-order valence-corrected chi connectivity index (χ4v) is 1.92. The lowest BCUT2D eigenvalue weighted by molar-refractivity contribution is 1.06. The average molecular weight is 200 g/mol.